The Hall–Kier alpha value is -1.36. The molecule has 0 aliphatic rings. The lowest BCUT2D eigenvalue weighted by Gasteiger charge is -2.10. The largest absolute Gasteiger partial charge is 0.478 e. The summed E-state index contributed by atoms with van der Waals surface area (Å²) < 4.78 is 0.703. The van der Waals surface area contributed by atoms with Gasteiger partial charge < -0.3 is 10.4 Å². The lowest BCUT2D eigenvalue weighted by atomic mass is 10.1. The van der Waals surface area contributed by atoms with Crippen LogP contribution in [-0.4, -0.2) is 17.0 Å². The van der Waals surface area contributed by atoms with E-state index in [1.807, 2.05) is 0 Å². The number of anilines is 1. The van der Waals surface area contributed by atoms with Crippen molar-refractivity contribution >= 4 is 33.5 Å². The lowest BCUT2D eigenvalue weighted by molar-refractivity contribution is -0.114. The number of hydrogen-bond acceptors (Lipinski definition) is 2. The Kier molecular flexibility index (Phi) is 3.47. The van der Waals surface area contributed by atoms with Crippen LogP contribution < -0.4 is 5.32 Å². The Morgan fingerprint density at radius 3 is 2.47 bits per heavy atom. The highest BCUT2D eigenvalue weighted by Crippen LogP contribution is 2.26. The standard InChI is InChI=1S/C10H10BrNO3/c1-5-7(11)3-4-8(12-6(2)13)9(5)10(14)15/h3-4H,1-2H3,(H,12,13)(H,14,15). The Morgan fingerprint density at radius 1 is 1.40 bits per heavy atom. The molecule has 0 aliphatic heterocycles. The van der Waals surface area contributed by atoms with Crippen molar-refractivity contribution in [2.75, 3.05) is 5.32 Å². The van der Waals surface area contributed by atoms with Crippen molar-refractivity contribution in [2.45, 2.75) is 13.8 Å². The molecule has 0 unspecified atom stereocenters. The second-order valence-electron chi connectivity index (χ2n) is 3.08. The van der Waals surface area contributed by atoms with Gasteiger partial charge in [0.25, 0.3) is 0 Å². The molecule has 0 spiro atoms. The van der Waals surface area contributed by atoms with Crippen molar-refractivity contribution in [3.8, 4) is 0 Å². The molecule has 1 amide bonds. The van der Waals surface area contributed by atoms with Crippen LogP contribution in [0.5, 0.6) is 0 Å². The topological polar surface area (TPSA) is 66.4 Å². The SMILES string of the molecule is CC(=O)Nc1ccc(Br)c(C)c1C(=O)O. The van der Waals surface area contributed by atoms with Gasteiger partial charge in [0.15, 0.2) is 0 Å². The number of carbonyl (C=O) groups is 2. The van der Waals surface area contributed by atoms with Gasteiger partial charge in [-0.2, -0.15) is 0 Å². The zero-order valence-corrected chi connectivity index (χ0v) is 9.88. The van der Waals surface area contributed by atoms with Crippen LogP contribution in [-0.2, 0) is 4.79 Å². The van der Waals surface area contributed by atoms with Crippen molar-refractivity contribution in [3.63, 3.8) is 0 Å². The summed E-state index contributed by atoms with van der Waals surface area (Å²) in [5.74, 6) is -1.35. The molecule has 1 aromatic carbocycles. The predicted molar refractivity (Wildman–Crippen MR) is 60.1 cm³/mol. The Labute approximate surface area is 95.4 Å². The average Bonchev–Trinajstić information content (AvgIpc) is 2.10. The molecule has 5 heteroatoms. The Bertz CT molecular complexity index is 429. The third-order valence-corrected chi connectivity index (χ3v) is 2.78. The van der Waals surface area contributed by atoms with E-state index in [9.17, 15) is 9.59 Å². The summed E-state index contributed by atoms with van der Waals surface area (Å²) in [5, 5.41) is 11.5. The molecule has 0 saturated heterocycles. The first kappa shape index (κ1) is 11.7. The maximum Gasteiger partial charge on any atom is 0.338 e. The molecule has 2 N–H and O–H groups in total. The fourth-order valence-electron chi connectivity index (χ4n) is 1.26. The Balaban J connectivity index is 3.33. The van der Waals surface area contributed by atoms with E-state index >= 15 is 0 Å². The zero-order valence-electron chi connectivity index (χ0n) is 8.30. The highest BCUT2D eigenvalue weighted by atomic mass is 79.9. The van der Waals surface area contributed by atoms with E-state index in [2.05, 4.69) is 21.2 Å². The van der Waals surface area contributed by atoms with Crippen LogP contribution in [0.15, 0.2) is 16.6 Å². The predicted octanol–water partition coefficient (Wildman–Crippen LogP) is 2.41. The zero-order chi connectivity index (χ0) is 11.6. The fraction of sp³-hybridized carbons (Fsp3) is 0.200. The summed E-state index contributed by atoms with van der Waals surface area (Å²) in [6, 6.07) is 3.26. The molecule has 4 nitrogen and oxygen atoms in total. The molecule has 0 saturated carbocycles. The van der Waals surface area contributed by atoms with Crippen molar-refractivity contribution in [1.29, 1.82) is 0 Å². The number of carboxylic acids is 1. The molecule has 0 heterocycles. The summed E-state index contributed by atoms with van der Waals surface area (Å²) in [6.07, 6.45) is 0. The van der Waals surface area contributed by atoms with E-state index in [1.54, 1.807) is 19.1 Å². The van der Waals surface area contributed by atoms with Crippen molar-refractivity contribution < 1.29 is 14.7 Å². The van der Waals surface area contributed by atoms with Gasteiger partial charge in [-0.1, -0.05) is 15.9 Å². The van der Waals surface area contributed by atoms with Crippen LogP contribution in [0.4, 0.5) is 5.69 Å². The van der Waals surface area contributed by atoms with Crippen molar-refractivity contribution in [2.24, 2.45) is 0 Å². The second-order valence-corrected chi connectivity index (χ2v) is 3.94. The van der Waals surface area contributed by atoms with Crippen LogP contribution in [0.25, 0.3) is 0 Å². The molecular formula is C10H10BrNO3. The summed E-state index contributed by atoms with van der Waals surface area (Å²) in [7, 11) is 0. The third kappa shape index (κ3) is 2.56. The number of benzene rings is 1. The normalized spacial score (nSPS) is 9.80. The van der Waals surface area contributed by atoms with Crippen molar-refractivity contribution in [1.82, 2.24) is 0 Å². The van der Waals surface area contributed by atoms with Gasteiger partial charge in [0.1, 0.15) is 0 Å². The Morgan fingerprint density at radius 2 is 2.00 bits per heavy atom. The summed E-state index contributed by atoms with van der Waals surface area (Å²) in [5.41, 5.74) is 1.02. The highest BCUT2D eigenvalue weighted by Gasteiger charge is 2.15. The molecular weight excluding hydrogens is 262 g/mol. The van der Waals surface area contributed by atoms with Crippen molar-refractivity contribution in [3.05, 3.63) is 27.7 Å². The third-order valence-electron chi connectivity index (χ3n) is 1.92. The average molecular weight is 272 g/mol. The summed E-state index contributed by atoms with van der Waals surface area (Å²) in [4.78, 5) is 21.9. The number of aromatic carboxylic acids is 1. The molecule has 1 aromatic rings. The minimum Gasteiger partial charge on any atom is -0.478 e. The van der Waals surface area contributed by atoms with E-state index < -0.39 is 5.97 Å². The molecule has 0 fully saturated rings. The maximum atomic E-state index is 11.0. The molecule has 0 radical (unpaired) electrons. The van der Waals surface area contributed by atoms with Gasteiger partial charge in [0.2, 0.25) is 5.91 Å². The molecule has 0 bridgehead atoms. The first-order valence-electron chi connectivity index (χ1n) is 4.23. The first-order valence-corrected chi connectivity index (χ1v) is 5.02. The number of amides is 1. The van der Waals surface area contributed by atoms with E-state index in [1.165, 1.54) is 6.92 Å². The number of nitrogens with one attached hydrogen (secondary N) is 1. The summed E-state index contributed by atoms with van der Waals surface area (Å²) >= 11 is 3.24. The van der Waals surface area contributed by atoms with Gasteiger partial charge in [-0.05, 0) is 24.6 Å². The van der Waals surface area contributed by atoms with Crippen LogP contribution in [0, 0.1) is 6.92 Å². The van der Waals surface area contributed by atoms with E-state index in [4.69, 9.17) is 5.11 Å². The smallest absolute Gasteiger partial charge is 0.338 e. The number of halogens is 1. The second kappa shape index (κ2) is 4.44. The lowest BCUT2D eigenvalue weighted by Crippen LogP contribution is -2.12. The molecule has 80 valence electrons. The van der Waals surface area contributed by atoms with Crippen LogP contribution in [0.3, 0.4) is 0 Å². The maximum absolute atomic E-state index is 11.0. The molecule has 0 aromatic heterocycles. The first-order chi connectivity index (χ1) is 6.93. The number of carboxylic acid groups (broad SMARTS) is 1. The number of rotatable bonds is 2. The highest BCUT2D eigenvalue weighted by molar-refractivity contribution is 9.10. The van der Waals surface area contributed by atoms with Gasteiger partial charge >= 0.3 is 5.97 Å². The molecule has 15 heavy (non-hydrogen) atoms. The van der Waals surface area contributed by atoms with Gasteiger partial charge in [-0.25, -0.2) is 4.79 Å². The minimum absolute atomic E-state index is 0.111. The van der Waals surface area contributed by atoms with E-state index in [-0.39, 0.29) is 11.5 Å². The van der Waals surface area contributed by atoms with Gasteiger partial charge in [-0.3, -0.25) is 4.79 Å². The van der Waals surface area contributed by atoms with Crippen LogP contribution in [0.2, 0.25) is 0 Å². The monoisotopic (exact) mass is 271 g/mol. The molecule has 1 rings (SSSR count). The van der Waals surface area contributed by atoms with Crippen LogP contribution in [0.1, 0.15) is 22.8 Å². The molecule has 0 aliphatic carbocycles. The van der Waals surface area contributed by atoms with Gasteiger partial charge in [0, 0.05) is 11.4 Å². The van der Waals surface area contributed by atoms with Gasteiger partial charge in [0.05, 0.1) is 11.3 Å². The fourth-order valence-corrected chi connectivity index (χ4v) is 1.59. The summed E-state index contributed by atoms with van der Waals surface area (Å²) in [6.45, 7) is 3.02. The quantitative estimate of drug-likeness (QED) is 0.868. The minimum atomic E-state index is -1.06. The molecule has 0 atom stereocenters. The van der Waals surface area contributed by atoms with E-state index in [0.29, 0.717) is 15.7 Å². The van der Waals surface area contributed by atoms with E-state index in [0.717, 1.165) is 0 Å². The van der Waals surface area contributed by atoms with Gasteiger partial charge in [-0.15, -0.1) is 0 Å². The number of hydrogen-bond donors (Lipinski definition) is 2. The number of carbonyl (C=O) groups excluding carboxylic acids is 1. The van der Waals surface area contributed by atoms with Crippen LogP contribution >= 0.6 is 15.9 Å².